The maximum absolute atomic E-state index is 12.5. The van der Waals surface area contributed by atoms with Gasteiger partial charge in [-0.3, -0.25) is 9.35 Å². The molecule has 0 aromatic heterocycles. The van der Waals surface area contributed by atoms with E-state index < -0.39 is 28.0 Å². The van der Waals surface area contributed by atoms with Crippen molar-refractivity contribution in [3.63, 3.8) is 0 Å². The first-order chi connectivity index (χ1) is 23.8. The van der Waals surface area contributed by atoms with E-state index >= 15 is 0 Å². The summed E-state index contributed by atoms with van der Waals surface area (Å²) in [7, 11) is -4.31. The van der Waals surface area contributed by atoms with Gasteiger partial charge in [0.25, 0.3) is 10.1 Å². The highest BCUT2D eigenvalue weighted by Gasteiger charge is 2.26. The SMILES string of the molecule is CCCCCCCC/C=C\CCCCCCCCCC(=O)NC(CS(=O)(=O)O)C(O)CCCCCCCCCCCCCCCCCCC. The maximum Gasteiger partial charge on any atom is 0.266 e. The van der Waals surface area contributed by atoms with Gasteiger partial charge >= 0.3 is 0 Å². The summed E-state index contributed by atoms with van der Waals surface area (Å²) in [5.41, 5.74) is 0. The minimum absolute atomic E-state index is 0.247. The van der Waals surface area contributed by atoms with Crippen LogP contribution < -0.4 is 5.32 Å². The second-order valence-corrected chi connectivity index (χ2v) is 16.5. The fourth-order valence-electron chi connectivity index (χ4n) is 6.74. The first kappa shape index (κ1) is 48.1. The van der Waals surface area contributed by atoms with Gasteiger partial charge in [0.2, 0.25) is 5.91 Å². The Morgan fingerprint density at radius 2 is 0.857 bits per heavy atom. The molecule has 6 nitrogen and oxygen atoms in total. The number of rotatable bonds is 39. The molecule has 2 unspecified atom stereocenters. The molecule has 0 spiro atoms. The van der Waals surface area contributed by atoms with E-state index in [0.29, 0.717) is 12.8 Å². The van der Waals surface area contributed by atoms with Crippen molar-refractivity contribution in [3.05, 3.63) is 12.2 Å². The van der Waals surface area contributed by atoms with Crippen LogP contribution in [0.15, 0.2) is 12.2 Å². The number of hydrogen-bond acceptors (Lipinski definition) is 4. The van der Waals surface area contributed by atoms with E-state index in [1.165, 1.54) is 167 Å². The van der Waals surface area contributed by atoms with Crippen molar-refractivity contribution in [2.45, 2.75) is 244 Å². The highest BCUT2D eigenvalue weighted by molar-refractivity contribution is 7.85. The lowest BCUT2D eigenvalue weighted by atomic mass is 10.0. The molecule has 0 heterocycles. The number of carbonyl (C=O) groups excluding carboxylic acids is 1. The average Bonchev–Trinajstić information content (AvgIpc) is 3.06. The molecule has 1 amide bonds. The number of allylic oxidation sites excluding steroid dienone is 2. The van der Waals surface area contributed by atoms with Crippen LogP contribution in [0, 0.1) is 0 Å². The molecular formula is C42H83NO5S. The molecule has 0 rings (SSSR count). The van der Waals surface area contributed by atoms with Gasteiger partial charge in [-0.2, -0.15) is 8.42 Å². The highest BCUT2D eigenvalue weighted by atomic mass is 32.2. The highest BCUT2D eigenvalue weighted by Crippen LogP contribution is 2.16. The van der Waals surface area contributed by atoms with Gasteiger partial charge < -0.3 is 10.4 Å². The van der Waals surface area contributed by atoms with E-state index in [2.05, 4.69) is 31.3 Å². The molecule has 0 saturated heterocycles. The smallest absolute Gasteiger partial charge is 0.266 e. The molecular weight excluding hydrogens is 631 g/mol. The lowest BCUT2D eigenvalue weighted by molar-refractivity contribution is -0.122. The summed E-state index contributed by atoms with van der Waals surface area (Å²) in [5, 5.41) is 13.4. The van der Waals surface area contributed by atoms with Crippen LogP contribution in [0.5, 0.6) is 0 Å². The van der Waals surface area contributed by atoms with Gasteiger partial charge in [0.05, 0.1) is 17.9 Å². The minimum atomic E-state index is -4.31. The maximum atomic E-state index is 12.5. The second kappa shape index (κ2) is 36.9. The normalized spacial score (nSPS) is 13.3. The van der Waals surface area contributed by atoms with Gasteiger partial charge in [0.15, 0.2) is 0 Å². The van der Waals surface area contributed by atoms with Gasteiger partial charge in [-0.05, 0) is 38.5 Å². The van der Waals surface area contributed by atoms with Crippen LogP contribution in [0.4, 0.5) is 0 Å². The topological polar surface area (TPSA) is 104 Å². The molecule has 0 fully saturated rings. The Balaban J connectivity index is 3.83. The van der Waals surface area contributed by atoms with E-state index in [1.807, 2.05) is 0 Å². The van der Waals surface area contributed by atoms with Crippen LogP contribution in [0.2, 0.25) is 0 Å². The van der Waals surface area contributed by atoms with Gasteiger partial charge in [-0.25, -0.2) is 0 Å². The molecule has 0 aromatic carbocycles. The Bertz CT molecular complexity index is 831. The predicted molar refractivity (Wildman–Crippen MR) is 212 cm³/mol. The average molecular weight is 714 g/mol. The van der Waals surface area contributed by atoms with Gasteiger partial charge in [0, 0.05) is 6.42 Å². The van der Waals surface area contributed by atoms with Crippen LogP contribution in [0.25, 0.3) is 0 Å². The number of aliphatic hydroxyl groups is 1. The Morgan fingerprint density at radius 1 is 0.531 bits per heavy atom. The fraction of sp³-hybridized carbons (Fsp3) is 0.929. The third-order valence-electron chi connectivity index (χ3n) is 9.97. The summed E-state index contributed by atoms with van der Waals surface area (Å²) in [5.74, 6) is -0.893. The monoisotopic (exact) mass is 714 g/mol. The van der Waals surface area contributed by atoms with Crippen LogP contribution in [0.3, 0.4) is 0 Å². The van der Waals surface area contributed by atoms with Crippen LogP contribution in [-0.2, 0) is 14.9 Å². The van der Waals surface area contributed by atoms with Crippen molar-refractivity contribution in [2.24, 2.45) is 0 Å². The number of carbonyl (C=O) groups is 1. The molecule has 292 valence electrons. The van der Waals surface area contributed by atoms with Crippen LogP contribution in [-0.4, -0.2) is 41.9 Å². The summed E-state index contributed by atoms with van der Waals surface area (Å²) in [6.07, 6.45) is 44.4. The molecule has 7 heteroatoms. The minimum Gasteiger partial charge on any atom is -0.391 e. The third kappa shape index (κ3) is 38.1. The second-order valence-electron chi connectivity index (χ2n) is 15.0. The quantitative estimate of drug-likeness (QED) is 0.0334. The standard InChI is InChI=1S/C42H83NO5S/c1-3-5-7-9-11-13-15-17-19-21-23-25-27-29-31-33-35-37-41(44)40(39-49(46,47)48)43-42(45)38-36-34-32-30-28-26-24-22-20-18-16-14-12-10-8-6-4-2/h18,20,40-41,44H,3-17,19,21-39H2,1-2H3,(H,43,45)(H,46,47,48)/b20-18-. The predicted octanol–water partition coefficient (Wildman–Crippen LogP) is 12.6. The first-order valence-electron chi connectivity index (χ1n) is 21.4. The lowest BCUT2D eigenvalue weighted by Gasteiger charge is -2.23. The zero-order valence-corrected chi connectivity index (χ0v) is 33.4. The van der Waals surface area contributed by atoms with Crippen LogP contribution in [0.1, 0.15) is 232 Å². The van der Waals surface area contributed by atoms with Crippen molar-refractivity contribution in [1.82, 2.24) is 5.32 Å². The van der Waals surface area contributed by atoms with Crippen molar-refractivity contribution in [2.75, 3.05) is 5.75 Å². The molecule has 49 heavy (non-hydrogen) atoms. The van der Waals surface area contributed by atoms with Crippen molar-refractivity contribution >= 4 is 16.0 Å². The third-order valence-corrected chi connectivity index (χ3v) is 10.8. The molecule has 0 saturated carbocycles. The summed E-state index contributed by atoms with van der Waals surface area (Å²) in [4.78, 5) is 12.5. The van der Waals surface area contributed by atoms with Crippen LogP contribution >= 0.6 is 0 Å². The Hall–Kier alpha value is -0.920. The molecule has 3 N–H and O–H groups in total. The zero-order chi connectivity index (χ0) is 36.1. The summed E-state index contributed by atoms with van der Waals surface area (Å²) < 4.78 is 32.6. The van der Waals surface area contributed by atoms with Crippen molar-refractivity contribution < 1.29 is 22.9 Å². The Labute approximate surface area is 305 Å². The van der Waals surface area contributed by atoms with E-state index in [0.717, 1.165) is 38.5 Å². The largest absolute Gasteiger partial charge is 0.391 e. The number of amides is 1. The van der Waals surface area contributed by atoms with Crippen molar-refractivity contribution in [3.8, 4) is 0 Å². The van der Waals surface area contributed by atoms with E-state index in [-0.39, 0.29) is 5.91 Å². The fourth-order valence-corrected chi connectivity index (χ4v) is 7.50. The molecule has 0 aliphatic carbocycles. The number of hydrogen-bond donors (Lipinski definition) is 3. The first-order valence-corrected chi connectivity index (χ1v) is 23.0. The number of aliphatic hydroxyl groups excluding tert-OH is 1. The molecule has 0 aliphatic rings. The van der Waals surface area contributed by atoms with Gasteiger partial charge in [0.1, 0.15) is 0 Å². The van der Waals surface area contributed by atoms with Gasteiger partial charge in [-0.1, -0.05) is 199 Å². The van der Waals surface area contributed by atoms with E-state index in [4.69, 9.17) is 0 Å². The summed E-state index contributed by atoms with van der Waals surface area (Å²) in [6, 6.07) is -0.969. The summed E-state index contributed by atoms with van der Waals surface area (Å²) >= 11 is 0. The molecule has 0 radical (unpaired) electrons. The zero-order valence-electron chi connectivity index (χ0n) is 32.6. The molecule has 0 aromatic rings. The van der Waals surface area contributed by atoms with Crippen molar-refractivity contribution in [1.29, 1.82) is 0 Å². The Kier molecular flexibility index (Phi) is 36.2. The number of unbranched alkanes of at least 4 members (excludes halogenated alkanes) is 29. The van der Waals surface area contributed by atoms with E-state index in [1.54, 1.807) is 0 Å². The number of nitrogens with one attached hydrogen (secondary N) is 1. The van der Waals surface area contributed by atoms with Gasteiger partial charge in [-0.15, -0.1) is 0 Å². The van der Waals surface area contributed by atoms with E-state index in [9.17, 15) is 22.9 Å². The molecule has 0 bridgehead atoms. The Morgan fingerprint density at radius 3 is 1.22 bits per heavy atom. The molecule has 0 aliphatic heterocycles. The lowest BCUT2D eigenvalue weighted by Crippen LogP contribution is -2.47. The summed E-state index contributed by atoms with van der Waals surface area (Å²) in [6.45, 7) is 4.53. The molecule has 2 atom stereocenters.